The average Bonchev–Trinajstić information content (AvgIpc) is 3.92. The highest BCUT2D eigenvalue weighted by molar-refractivity contribution is 6.17. The zero-order valence-electron chi connectivity index (χ0n) is 35.4. The lowest BCUT2D eigenvalue weighted by atomic mass is 9.83. The minimum atomic E-state index is -0.178. The number of nitrogens with zero attached hydrogens (tertiary/aromatic N) is 3. The van der Waals surface area contributed by atoms with Gasteiger partial charge in [-0.25, -0.2) is 4.98 Å². The van der Waals surface area contributed by atoms with Crippen LogP contribution in [0.1, 0.15) is 52.7 Å². The third kappa shape index (κ3) is 7.16. The Kier molecular flexibility index (Phi) is 9.21. The predicted molar refractivity (Wildman–Crippen MR) is 252 cm³/mol. The molecule has 0 spiro atoms. The molecule has 61 heavy (non-hydrogen) atoms. The van der Waals surface area contributed by atoms with Crippen molar-refractivity contribution in [3.8, 4) is 62.1 Å². The van der Waals surface area contributed by atoms with Crippen molar-refractivity contribution in [3.63, 3.8) is 0 Å². The van der Waals surface area contributed by atoms with Crippen LogP contribution in [0.15, 0.2) is 181 Å². The van der Waals surface area contributed by atoms with Crippen molar-refractivity contribution in [3.05, 3.63) is 187 Å². The fourth-order valence-corrected chi connectivity index (χ4v) is 8.38. The van der Waals surface area contributed by atoms with E-state index in [-0.39, 0.29) is 10.8 Å². The molecule has 3 aromatic heterocycles. The minimum absolute atomic E-state index is 0.0266. The standard InChI is InChI=1S/C56H47N3O2/c1-55(2,3)42-25-27-50(58-35-42)41-16-12-17-43(31-41)60-44-33-47-46-26-23-39-15-10-11-18-45(39)52(46)61-53(47)48(34-44)54-57-29-30-59(54)51-28-24-40(32-49(51)56(4,5)6)38-21-19-37(20-22-38)36-13-8-7-9-14-36/h7-35H,1-6H3. The molecular formula is C56H47N3O2. The number of fused-ring (bicyclic) bond motifs is 5. The van der Waals surface area contributed by atoms with Crippen LogP contribution in [0, 0.1) is 0 Å². The van der Waals surface area contributed by atoms with Gasteiger partial charge in [0.1, 0.15) is 28.5 Å². The molecule has 7 aromatic carbocycles. The van der Waals surface area contributed by atoms with E-state index in [0.29, 0.717) is 11.5 Å². The monoisotopic (exact) mass is 793 g/mol. The van der Waals surface area contributed by atoms with Gasteiger partial charge >= 0.3 is 0 Å². The summed E-state index contributed by atoms with van der Waals surface area (Å²) >= 11 is 0. The van der Waals surface area contributed by atoms with E-state index in [0.717, 1.165) is 61.0 Å². The molecule has 10 aromatic rings. The summed E-state index contributed by atoms with van der Waals surface area (Å²) in [6.45, 7) is 13.4. The number of hydrogen-bond acceptors (Lipinski definition) is 4. The molecule has 5 nitrogen and oxygen atoms in total. The first-order chi connectivity index (χ1) is 29.5. The molecule has 0 amide bonds. The van der Waals surface area contributed by atoms with E-state index in [9.17, 15) is 0 Å². The highest BCUT2D eigenvalue weighted by atomic mass is 16.5. The molecule has 298 valence electrons. The number of imidazole rings is 1. The zero-order valence-corrected chi connectivity index (χ0v) is 35.4. The van der Waals surface area contributed by atoms with Crippen LogP contribution in [-0.2, 0) is 10.8 Å². The van der Waals surface area contributed by atoms with Crippen molar-refractivity contribution in [1.29, 1.82) is 0 Å². The lowest BCUT2D eigenvalue weighted by Crippen LogP contribution is -2.15. The Labute approximate surface area is 357 Å². The Morgan fingerprint density at radius 2 is 1.23 bits per heavy atom. The second kappa shape index (κ2) is 14.8. The van der Waals surface area contributed by atoms with Crippen molar-refractivity contribution in [2.45, 2.75) is 52.4 Å². The molecular weight excluding hydrogens is 747 g/mol. The molecule has 0 saturated heterocycles. The highest BCUT2D eigenvalue weighted by Crippen LogP contribution is 2.43. The normalized spacial score (nSPS) is 12.1. The first-order valence-corrected chi connectivity index (χ1v) is 21.0. The van der Waals surface area contributed by atoms with Gasteiger partial charge < -0.3 is 9.15 Å². The Morgan fingerprint density at radius 3 is 1.98 bits per heavy atom. The fourth-order valence-electron chi connectivity index (χ4n) is 8.38. The van der Waals surface area contributed by atoms with E-state index in [1.165, 1.54) is 33.4 Å². The molecule has 10 rings (SSSR count). The summed E-state index contributed by atoms with van der Waals surface area (Å²) in [4.78, 5) is 9.88. The summed E-state index contributed by atoms with van der Waals surface area (Å²) in [6, 6.07) is 55.4. The molecule has 3 heterocycles. The van der Waals surface area contributed by atoms with E-state index in [4.69, 9.17) is 19.1 Å². The Hall–Kier alpha value is -7.24. The van der Waals surface area contributed by atoms with Crippen LogP contribution >= 0.6 is 0 Å². The van der Waals surface area contributed by atoms with Gasteiger partial charge in [-0.05, 0) is 98.1 Å². The summed E-state index contributed by atoms with van der Waals surface area (Å²) in [6.07, 6.45) is 5.89. The molecule has 0 unspecified atom stereocenters. The van der Waals surface area contributed by atoms with Crippen LogP contribution < -0.4 is 4.74 Å². The molecule has 0 fully saturated rings. The average molecular weight is 794 g/mol. The number of hydrogen-bond donors (Lipinski definition) is 0. The molecule has 0 bridgehead atoms. The van der Waals surface area contributed by atoms with Crippen molar-refractivity contribution in [2.75, 3.05) is 0 Å². The van der Waals surface area contributed by atoms with Gasteiger partial charge in [0, 0.05) is 40.3 Å². The Balaban J connectivity index is 1.09. The first kappa shape index (κ1) is 38.0. The van der Waals surface area contributed by atoms with E-state index < -0.39 is 0 Å². The van der Waals surface area contributed by atoms with Gasteiger partial charge in [0.15, 0.2) is 0 Å². The van der Waals surface area contributed by atoms with E-state index in [2.05, 4.69) is 192 Å². The lowest BCUT2D eigenvalue weighted by Gasteiger charge is -2.25. The fraction of sp³-hybridized carbons (Fsp3) is 0.143. The lowest BCUT2D eigenvalue weighted by molar-refractivity contribution is 0.483. The maximum absolute atomic E-state index is 6.93. The van der Waals surface area contributed by atoms with Crippen molar-refractivity contribution >= 4 is 32.7 Å². The van der Waals surface area contributed by atoms with Gasteiger partial charge in [-0.1, -0.05) is 151 Å². The zero-order chi connectivity index (χ0) is 41.9. The molecule has 0 aliphatic rings. The molecule has 5 heteroatoms. The van der Waals surface area contributed by atoms with Crippen LogP contribution in [0.25, 0.3) is 83.3 Å². The smallest absolute Gasteiger partial charge is 0.148 e. The summed E-state index contributed by atoms with van der Waals surface area (Å²) < 4.78 is 15.9. The molecule has 0 atom stereocenters. The quantitative estimate of drug-likeness (QED) is 0.161. The van der Waals surface area contributed by atoms with E-state index in [1.54, 1.807) is 0 Å². The van der Waals surface area contributed by atoms with Crippen LogP contribution in [0.4, 0.5) is 0 Å². The van der Waals surface area contributed by atoms with Gasteiger partial charge in [0.25, 0.3) is 0 Å². The van der Waals surface area contributed by atoms with Gasteiger partial charge in [0.05, 0.1) is 16.9 Å². The topological polar surface area (TPSA) is 53.1 Å². The van der Waals surface area contributed by atoms with Crippen LogP contribution in [0.2, 0.25) is 0 Å². The van der Waals surface area contributed by atoms with Crippen LogP contribution in [0.3, 0.4) is 0 Å². The number of benzene rings is 7. The molecule has 0 aliphatic heterocycles. The summed E-state index contributed by atoms with van der Waals surface area (Å²) in [5, 5.41) is 4.17. The number of furan rings is 1. The van der Waals surface area contributed by atoms with Gasteiger partial charge in [-0.3, -0.25) is 9.55 Å². The predicted octanol–water partition coefficient (Wildman–Crippen LogP) is 15.4. The second-order valence-corrected chi connectivity index (χ2v) is 18.0. The third-order valence-electron chi connectivity index (χ3n) is 11.7. The maximum Gasteiger partial charge on any atom is 0.148 e. The largest absolute Gasteiger partial charge is 0.457 e. The van der Waals surface area contributed by atoms with Crippen LogP contribution in [-0.4, -0.2) is 14.5 Å². The van der Waals surface area contributed by atoms with Gasteiger partial charge in [0.2, 0.25) is 0 Å². The number of ether oxygens (including phenoxy) is 1. The summed E-state index contributed by atoms with van der Waals surface area (Å²) in [5.41, 5.74) is 12.4. The highest BCUT2D eigenvalue weighted by Gasteiger charge is 2.25. The van der Waals surface area contributed by atoms with Crippen molar-refractivity contribution in [2.24, 2.45) is 0 Å². The molecule has 0 N–H and O–H groups in total. The molecule has 0 saturated carbocycles. The van der Waals surface area contributed by atoms with Crippen molar-refractivity contribution in [1.82, 2.24) is 14.5 Å². The summed E-state index contributed by atoms with van der Waals surface area (Å²) in [5.74, 6) is 2.17. The third-order valence-corrected chi connectivity index (χ3v) is 11.7. The SMILES string of the molecule is CC(C)(C)c1ccc(-c2cccc(Oc3cc(-c4nccn4-c4ccc(-c5ccc(-c6ccccc6)cc5)cc4C(C)(C)C)c4oc5c6ccccc6ccc5c4c3)c2)nc1. The number of aromatic nitrogens is 3. The van der Waals surface area contributed by atoms with Crippen LogP contribution in [0.5, 0.6) is 11.5 Å². The van der Waals surface area contributed by atoms with E-state index >= 15 is 0 Å². The van der Waals surface area contributed by atoms with E-state index in [1.807, 2.05) is 30.7 Å². The Morgan fingerprint density at radius 1 is 0.508 bits per heavy atom. The summed E-state index contributed by atoms with van der Waals surface area (Å²) in [7, 11) is 0. The molecule has 0 aliphatic carbocycles. The molecule has 0 radical (unpaired) electrons. The Bertz CT molecular complexity index is 3220. The first-order valence-electron chi connectivity index (χ1n) is 21.0. The number of rotatable bonds is 7. The number of pyridine rings is 1. The van der Waals surface area contributed by atoms with Crippen molar-refractivity contribution < 1.29 is 9.15 Å². The second-order valence-electron chi connectivity index (χ2n) is 18.0. The van der Waals surface area contributed by atoms with Gasteiger partial charge in [-0.15, -0.1) is 0 Å². The maximum atomic E-state index is 6.93. The minimum Gasteiger partial charge on any atom is -0.457 e. The van der Waals surface area contributed by atoms with Gasteiger partial charge in [-0.2, -0.15) is 0 Å².